The molecule has 2 unspecified atom stereocenters. The van der Waals surface area contributed by atoms with Crippen molar-refractivity contribution in [1.82, 2.24) is 4.98 Å². The quantitative estimate of drug-likeness (QED) is 0.666. The summed E-state index contributed by atoms with van der Waals surface area (Å²) in [4.78, 5) is 15.7. The largest absolute Gasteiger partial charge is 0.468 e. The number of nitrogens with zero attached hydrogens (tertiary/aromatic N) is 1. The Kier molecular flexibility index (Phi) is 5.44. The zero-order chi connectivity index (χ0) is 13.8. The third-order valence-corrected chi connectivity index (χ3v) is 3.94. The van der Waals surface area contributed by atoms with E-state index in [9.17, 15) is 4.79 Å². The van der Waals surface area contributed by atoms with E-state index in [1.165, 1.54) is 18.9 Å². The zero-order valence-corrected chi connectivity index (χ0v) is 12.2. The number of carbonyl (C=O) groups is 1. The van der Waals surface area contributed by atoms with Crippen LogP contribution in [0.5, 0.6) is 0 Å². The fourth-order valence-corrected chi connectivity index (χ4v) is 2.97. The Morgan fingerprint density at radius 3 is 2.94 bits per heavy atom. The van der Waals surface area contributed by atoms with Gasteiger partial charge < -0.3 is 10.5 Å². The normalized spacial score (nSPS) is 15.8. The first kappa shape index (κ1) is 15.3. The van der Waals surface area contributed by atoms with Crippen molar-refractivity contribution in [3.05, 3.63) is 23.4 Å². The highest BCUT2D eigenvalue weighted by molar-refractivity contribution is 7.99. The fourth-order valence-electron chi connectivity index (χ4n) is 1.60. The summed E-state index contributed by atoms with van der Waals surface area (Å²) >= 11 is 7.52. The number of aromatic nitrogens is 1. The maximum atomic E-state index is 11.5. The van der Waals surface area contributed by atoms with Crippen LogP contribution in [0.15, 0.2) is 23.4 Å². The van der Waals surface area contributed by atoms with Crippen LogP contribution in [0.2, 0.25) is 5.02 Å². The first-order valence-electron chi connectivity index (χ1n) is 5.51. The number of thioether (sulfide) groups is 1. The lowest BCUT2D eigenvalue weighted by Gasteiger charge is -2.24. The van der Waals surface area contributed by atoms with Crippen molar-refractivity contribution in [3.8, 4) is 0 Å². The van der Waals surface area contributed by atoms with E-state index in [1.54, 1.807) is 25.3 Å². The lowest BCUT2D eigenvalue weighted by Crippen LogP contribution is -2.47. The van der Waals surface area contributed by atoms with Crippen molar-refractivity contribution in [2.24, 2.45) is 5.73 Å². The predicted molar refractivity (Wildman–Crippen MR) is 73.8 cm³/mol. The standard InChI is InChI=1S/C12H17ClN2O2S/c1-8(7-12(2,14)11(16)17-3)18-10-9(13)5-4-6-15-10/h4-6,8H,7,14H2,1-3H3. The molecule has 0 aromatic carbocycles. The van der Waals surface area contributed by atoms with Gasteiger partial charge in [-0.15, -0.1) is 11.8 Å². The maximum absolute atomic E-state index is 11.5. The highest BCUT2D eigenvalue weighted by atomic mass is 35.5. The van der Waals surface area contributed by atoms with Gasteiger partial charge in [-0.05, 0) is 25.5 Å². The molecule has 1 rings (SSSR count). The molecule has 6 heteroatoms. The molecular formula is C12H17ClN2O2S. The Bertz CT molecular complexity index is 426. The molecule has 0 radical (unpaired) electrons. The Morgan fingerprint density at radius 2 is 2.39 bits per heavy atom. The summed E-state index contributed by atoms with van der Waals surface area (Å²) < 4.78 is 4.67. The fraction of sp³-hybridized carbons (Fsp3) is 0.500. The van der Waals surface area contributed by atoms with E-state index < -0.39 is 11.5 Å². The number of methoxy groups -OCH3 is 1. The lowest BCUT2D eigenvalue weighted by atomic mass is 9.98. The average Bonchev–Trinajstić information content (AvgIpc) is 2.30. The second kappa shape index (κ2) is 6.41. The van der Waals surface area contributed by atoms with Crippen LogP contribution in [0, 0.1) is 0 Å². The van der Waals surface area contributed by atoms with E-state index in [2.05, 4.69) is 9.72 Å². The van der Waals surface area contributed by atoms with Crippen LogP contribution < -0.4 is 5.73 Å². The van der Waals surface area contributed by atoms with Crippen molar-refractivity contribution in [3.63, 3.8) is 0 Å². The van der Waals surface area contributed by atoms with Crippen LogP contribution in [0.25, 0.3) is 0 Å². The van der Waals surface area contributed by atoms with Crippen LogP contribution in [0.4, 0.5) is 0 Å². The number of ether oxygens (including phenoxy) is 1. The van der Waals surface area contributed by atoms with Crippen molar-refractivity contribution >= 4 is 29.3 Å². The smallest absolute Gasteiger partial charge is 0.325 e. The summed E-state index contributed by atoms with van der Waals surface area (Å²) in [6.45, 7) is 3.64. The number of rotatable bonds is 5. The Hall–Kier alpha value is -0.780. The summed E-state index contributed by atoms with van der Waals surface area (Å²) in [5.74, 6) is -0.415. The number of esters is 1. The molecule has 0 saturated heterocycles. The molecule has 4 nitrogen and oxygen atoms in total. The van der Waals surface area contributed by atoms with E-state index in [4.69, 9.17) is 17.3 Å². The highest BCUT2D eigenvalue weighted by Gasteiger charge is 2.31. The molecule has 0 aliphatic carbocycles. The van der Waals surface area contributed by atoms with Gasteiger partial charge in [-0.1, -0.05) is 18.5 Å². The molecule has 1 aromatic heterocycles. The second-order valence-corrected chi connectivity index (χ2v) is 6.17. The van der Waals surface area contributed by atoms with E-state index >= 15 is 0 Å². The monoisotopic (exact) mass is 288 g/mol. The second-order valence-electron chi connectivity index (χ2n) is 4.33. The molecule has 0 saturated carbocycles. The van der Waals surface area contributed by atoms with Gasteiger partial charge in [-0.25, -0.2) is 4.98 Å². The zero-order valence-electron chi connectivity index (χ0n) is 10.6. The van der Waals surface area contributed by atoms with Crippen LogP contribution in [0.3, 0.4) is 0 Å². The minimum absolute atomic E-state index is 0.103. The van der Waals surface area contributed by atoms with Crippen LogP contribution >= 0.6 is 23.4 Å². The molecule has 1 heterocycles. The minimum atomic E-state index is -0.998. The number of hydrogen-bond donors (Lipinski definition) is 1. The molecule has 0 bridgehead atoms. The van der Waals surface area contributed by atoms with Crippen LogP contribution in [-0.4, -0.2) is 28.9 Å². The van der Waals surface area contributed by atoms with Gasteiger partial charge in [0.05, 0.1) is 12.1 Å². The third-order valence-electron chi connectivity index (χ3n) is 2.40. The molecule has 18 heavy (non-hydrogen) atoms. The Labute approximate surface area is 116 Å². The summed E-state index contributed by atoms with van der Waals surface area (Å²) in [7, 11) is 1.33. The number of carbonyl (C=O) groups excluding carboxylic acids is 1. The van der Waals surface area contributed by atoms with Gasteiger partial charge in [-0.2, -0.15) is 0 Å². The Balaban J connectivity index is 2.65. The van der Waals surface area contributed by atoms with Crippen molar-refractivity contribution in [2.75, 3.05) is 7.11 Å². The first-order chi connectivity index (χ1) is 8.36. The van der Waals surface area contributed by atoms with E-state index in [-0.39, 0.29) is 5.25 Å². The SMILES string of the molecule is COC(=O)C(C)(N)CC(C)Sc1ncccc1Cl. The summed E-state index contributed by atoms with van der Waals surface area (Å²) in [5, 5.41) is 1.45. The molecule has 0 aliphatic heterocycles. The molecule has 0 spiro atoms. The number of hydrogen-bond acceptors (Lipinski definition) is 5. The molecule has 0 aliphatic rings. The summed E-state index contributed by atoms with van der Waals surface area (Å²) in [6, 6.07) is 3.56. The van der Waals surface area contributed by atoms with Crippen molar-refractivity contribution < 1.29 is 9.53 Å². The molecule has 2 N–H and O–H groups in total. The predicted octanol–water partition coefficient (Wildman–Crippen LogP) is 2.50. The van der Waals surface area contributed by atoms with Gasteiger partial charge in [0, 0.05) is 11.4 Å². The topological polar surface area (TPSA) is 65.2 Å². The first-order valence-corrected chi connectivity index (χ1v) is 6.77. The van der Waals surface area contributed by atoms with Crippen LogP contribution in [-0.2, 0) is 9.53 Å². The van der Waals surface area contributed by atoms with E-state index in [0.29, 0.717) is 11.4 Å². The van der Waals surface area contributed by atoms with E-state index in [0.717, 1.165) is 5.03 Å². The average molecular weight is 289 g/mol. The molecule has 1 aromatic rings. The van der Waals surface area contributed by atoms with Crippen molar-refractivity contribution in [1.29, 1.82) is 0 Å². The van der Waals surface area contributed by atoms with E-state index in [1.807, 2.05) is 6.92 Å². The lowest BCUT2D eigenvalue weighted by molar-refractivity contribution is -0.146. The number of halogens is 1. The number of pyridine rings is 1. The molecular weight excluding hydrogens is 272 g/mol. The maximum Gasteiger partial charge on any atom is 0.325 e. The minimum Gasteiger partial charge on any atom is -0.468 e. The van der Waals surface area contributed by atoms with Gasteiger partial charge in [0.25, 0.3) is 0 Å². The van der Waals surface area contributed by atoms with Gasteiger partial charge in [0.2, 0.25) is 0 Å². The molecule has 2 atom stereocenters. The Morgan fingerprint density at radius 1 is 1.72 bits per heavy atom. The van der Waals surface area contributed by atoms with Gasteiger partial charge in [0.1, 0.15) is 10.6 Å². The van der Waals surface area contributed by atoms with Gasteiger partial charge >= 0.3 is 5.97 Å². The highest BCUT2D eigenvalue weighted by Crippen LogP contribution is 2.31. The third kappa shape index (κ3) is 4.15. The number of nitrogens with two attached hydrogens (primary N) is 1. The molecule has 0 fully saturated rings. The van der Waals surface area contributed by atoms with Crippen molar-refractivity contribution in [2.45, 2.75) is 36.1 Å². The summed E-state index contributed by atoms with van der Waals surface area (Å²) in [5.41, 5.74) is 4.92. The molecule has 0 amide bonds. The van der Waals surface area contributed by atoms with Crippen LogP contribution in [0.1, 0.15) is 20.3 Å². The van der Waals surface area contributed by atoms with Gasteiger partial charge in [-0.3, -0.25) is 4.79 Å². The molecule has 100 valence electrons. The summed E-state index contributed by atoms with van der Waals surface area (Å²) in [6.07, 6.45) is 2.17. The van der Waals surface area contributed by atoms with Gasteiger partial charge in [0.15, 0.2) is 0 Å².